The van der Waals surface area contributed by atoms with Gasteiger partial charge in [-0.1, -0.05) is 35.3 Å². The predicted octanol–water partition coefficient (Wildman–Crippen LogP) is 8.33. The van der Waals surface area contributed by atoms with Gasteiger partial charge in [-0.05, 0) is 85.6 Å². The van der Waals surface area contributed by atoms with Gasteiger partial charge in [-0.25, -0.2) is 4.98 Å². The van der Waals surface area contributed by atoms with Gasteiger partial charge in [0.1, 0.15) is 17.0 Å². The van der Waals surface area contributed by atoms with Crippen LogP contribution in [0.25, 0.3) is 40.0 Å². The molecule has 0 bridgehead atoms. The lowest BCUT2D eigenvalue weighted by atomic mass is 10.1. The standard InChI is InChI=1S/C28H20Cl2N2O3/c1-16-10-17(2)27-24(11-16)32-28(35-27)18-4-3-5-22(14-18)31-26(33)9-7-23-6-8-25(34-23)19-12-20(29)15-21(30)13-19/h3-15H,1-2H3,(H,31,33)/b9-7+. The van der Waals surface area contributed by atoms with Gasteiger partial charge in [0.25, 0.3) is 0 Å². The Hall–Kier alpha value is -3.80. The zero-order valence-electron chi connectivity index (χ0n) is 18.9. The minimum atomic E-state index is -0.296. The number of nitrogens with zero attached hydrogens (tertiary/aromatic N) is 1. The molecule has 5 rings (SSSR count). The second kappa shape index (κ2) is 9.45. The fourth-order valence-corrected chi connectivity index (χ4v) is 4.39. The van der Waals surface area contributed by atoms with E-state index >= 15 is 0 Å². The number of halogens is 2. The van der Waals surface area contributed by atoms with E-state index in [1.807, 2.05) is 38.1 Å². The molecule has 0 spiro atoms. The van der Waals surface area contributed by atoms with E-state index in [1.165, 1.54) is 6.08 Å². The van der Waals surface area contributed by atoms with Crippen molar-refractivity contribution in [2.24, 2.45) is 0 Å². The van der Waals surface area contributed by atoms with Crippen molar-refractivity contribution < 1.29 is 13.6 Å². The number of carbonyl (C=O) groups is 1. The molecular formula is C28H20Cl2N2O3. The summed E-state index contributed by atoms with van der Waals surface area (Å²) in [4.78, 5) is 17.1. The molecule has 1 N–H and O–H groups in total. The van der Waals surface area contributed by atoms with Crippen LogP contribution >= 0.6 is 23.2 Å². The van der Waals surface area contributed by atoms with Gasteiger partial charge in [0, 0.05) is 32.9 Å². The number of carbonyl (C=O) groups excluding carboxylic acids is 1. The molecule has 5 nitrogen and oxygen atoms in total. The van der Waals surface area contributed by atoms with Gasteiger partial charge in [0.05, 0.1) is 0 Å². The molecule has 0 aliphatic rings. The molecule has 0 fully saturated rings. The fraction of sp³-hybridized carbons (Fsp3) is 0.0714. The Kier molecular flexibility index (Phi) is 6.20. The summed E-state index contributed by atoms with van der Waals surface area (Å²) < 4.78 is 11.8. The highest BCUT2D eigenvalue weighted by atomic mass is 35.5. The first-order chi connectivity index (χ1) is 16.8. The molecule has 0 unspecified atom stereocenters. The lowest BCUT2D eigenvalue weighted by molar-refractivity contribution is -0.111. The van der Waals surface area contributed by atoms with E-state index < -0.39 is 0 Å². The molecule has 0 radical (unpaired) electrons. The molecule has 174 valence electrons. The van der Waals surface area contributed by atoms with Crippen LogP contribution in [0.2, 0.25) is 10.0 Å². The molecule has 0 aliphatic carbocycles. The minimum Gasteiger partial charge on any atom is -0.457 e. The molecule has 2 aromatic heterocycles. The van der Waals surface area contributed by atoms with Gasteiger partial charge in [-0.15, -0.1) is 0 Å². The largest absolute Gasteiger partial charge is 0.457 e. The van der Waals surface area contributed by atoms with E-state index in [-0.39, 0.29) is 5.91 Å². The van der Waals surface area contributed by atoms with Crippen LogP contribution < -0.4 is 5.32 Å². The second-order valence-corrected chi connectivity index (χ2v) is 9.09. The third-order valence-corrected chi connectivity index (χ3v) is 5.81. The lowest BCUT2D eigenvalue weighted by Crippen LogP contribution is -2.07. The number of amides is 1. The summed E-state index contributed by atoms with van der Waals surface area (Å²) in [6.07, 6.45) is 3.01. The van der Waals surface area contributed by atoms with Crippen molar-refractivity contribution in [3.05, 3.63) is 99.7 Å². The van der Waals surface area contributed by atoms with E-state index in [9.17, 15) is 4.79 Å². The maximum atomic E-state index is 12.5. The van der Waals surface area contributed by atoms with Gasteiger partial charge in [-0.2, -0.15) is 0 Å². The quantitative estimate of drug-likeness (QED) is 0.245. The Morgan fingerprint density at radius 2 is 1.71 bits per heavy atom. The van der Waals surface area contributed by atoms with E-state index in [1.54, 1.807) is 42.5 Å². The zero-order valence-corrected chi connectivity index (χ0v) is 20.4. The number of rotatable bonds is 5. The van der Waals surface area contributed by atoms with Gasteiger partial charge in [0.2, 0.25) is 11.8 Å². The highest BCUT2D eigenvalue weighted by Gasteiger charge is 2.12. The topological polar surface area (TPSA) is 68.3 Å². The second-order valence-electron chi connectivity index (χ2n) is 8.21. The van der Waals surface area contributed by atoms with Gasteiger partial charge < -0.3 is 14.2 Å². The molecule has 0 saturated heterocycles. The van der Waals surface area contributed by atoms with E-state index in [2.05, 4.69) is 16.4 Å². The molecule has 7 heteroatoms. The van der Waals surface area contributed by atoms with Crippen LogP contribution in [0.1, 0.15) is 16.9 Å². The number of hydrogen-bond acceptors (Lipinski definition) is 4. The molecule has 2 heterocycles. The molecule has 0 atom stereocenters. The van der Waals surface area contributed by atoms with Crippen molar-refractivity contribution in [1.82, 2.24) is 4.98 Å². The number of anilines is 1. The lowest BCUT2D eigenvalue weighted by Gasteiger charge is -2.03. The summed E-state index contributed by atoms with van der Waals surface area (Å²) in [7, 11) is 0. The van der Waals surface area contributed by atoms with Crippen LogP contribution in [-0.2, 0) is 4.79 Å². The van der Waals surface area contributed by atoms with Gasteiger partial charge in [-0.3, -0.25) is 4.79 Å². The van der Waals surface area contributed by atoms with Crippen LogP contribution in [0.15, 0.2) is 81.6 Å². The first-order valence-corrected chi connectivity index (χ1v) is 11.6. The van der Waals surface area contributed by atoms with E-state index in [4.69, 9.17) is 32.0 Å². The summed E-state index contributed by atoms with van der Waals surface area (Å²) in [5.41, 5.74) is 5.90. The number of benzene rings is 3. The molecule has 0 aliphatic heterocycles. The van der Waals surface area contributed by atoms with E-state index in [0.717, 1.165) is 33.4 Å². The Balaban J connectivity index is 1.30. The molecule has 5 aromatic rings. The Bertz CT molecular complexity index is 1580. The average molecular weight is 503 g/mol. The Morgan fingerprint density at radius 3 is 2.51 bits per heavy atom. The number of aromatic nitrogens is 1. The molecule has 35 heavy (non-hydrogen) atoms. The van der Waals surface area contributed by atoms with Crippen molar-refractivity contribution in [2.75, 3.05) is 5.32 Å². The van der Waals surface area contributed by atoms with Crippen LogP contribution in [0.5, 0.6) is 0 Å². The highest BCUT2D eigenvalue weighted by Crippen LogP contribution is 2.30. The van der Waals surface area contributed by atoms with Crippen molar-refractivity contribution >= 4 is 52.0 Å². The average Bonchev–Trinajstić information content (AvgIpc) is 3.45. The van der Waals surface area contributed by atoms with Crippen LogP contribution in [0.3, 0.4) is 0 Å². The summed E-state index contributed by atoms with van der Waals surface area (Å²) in [6, 6.07) is 20.2. The first kappa shape index (κ1) is 23.0. The van der Waals surface area contributed by atoms with Crippen LogP contribution in [0, 0.1) is 13.8 Å². The number of hydrogen-bond donors (Lipinski definition) is 1. The van der Waals surface area contributed by atoms with Crippen molar-refractivity contribution in [3.8, 4) is 22.8 Å². The maximum Gasteiger partial charge on any atom is 0.248 e. The van der Waals surface area contributed by atoms with Crippen molar-refractivity contribution in [3.63, 3.8) is 0 Å². The van der Waals surface area contributed by atoms with Crippen molar-refractivity contribution in [2.45, 2.75) is 13.8 Å². The summed E-state index contributed by atoms with van der Waals surface area (Å²) in [6.45, 7) is 4.03. The van der Waals surface area contributed by atoms with Crippen LogP contribution in [-0.4, -0.2) is 10.9 Å². The fourth-order valence-electron chi connectivity index (χ4n) is 3.87. The van der Waals surface area contributed by atoms with Crippen LogP contribution in [0.4, 0.5) is 5.69 Å². The summed E-state index contributed by atoms with van der Waals surface area (Å²) in [5.74, 6) is 1.34. The number of fused-ring (bicyclic) bond motifs is 1. The third kappa shape index (κ3) is 5.16. The Labute approximate surface area is 212 Å². The normalized spacial score (nSPS) is 11.4. The van der Waals surface area contributed by atoms with E-state index in [0.29, 0.717) is 33.1 Å². The third-order valence-electron chi connectivity index (χ3n) is 5.37. The number of nitrogens with one attached hydrogen (secondary N) is 1. The zero-order chi connectivity index (χ0) is 24.5. The highest BCUT2D eigenvalue weighted by molar-refractivity contribution is 6.35. The number of oxazole rings is 1. The molecule has 3 aromatic carbocycles. The molecular weight excluding hydrogens is 483 g/mol. The minimum absolute atomic E-state index is 0.296. The monoisotopic (exact) mass is 502 g/mol. The molecule has 0 saturated carbocycles. The SMILES string of the molecule is Cc1cc(C)c2oc(-c3cccc(NC(=O)/C=C/c4ccc(-c5cc(Cl)cc(Cl)c5)o4)c3)nc2c1. The smallest absolute Gasteiger partial charge is 0.248 e. The summed E-state index contributed by atoms with van der Waals surface area (Å²) in [5, 5.41) is 3.90. The predicted molar refractivity (Wildman–Crippen MR) is 141 cm³/mol. The summed E-state index contributed by atoms with van der Waals surface area (Å²) >= 11 is 12.1. The maximum absolute atomic E-state index is 12.5. The number of aryl methyl sites for hydroxylation is 2. The molecule has 1 amide bonds. The van der Waals surface area contributed by atoms with Gasteiger partial charge >= 0.3 is 0 Å². The van der Waals surface area contributed by atoms with Gasteiger partial charge in [0.15, 0.2) is 5.58 Å². The Morgan fingerprint density at radius 1 is 0.914 bits per heavy atom. The first-order valence-electron chi connectivity index (χ1n) is 10.9. The van der Waals surface area contributed by atoms with Crippen molar-refractivity contribution in [1.29, 1.82) is 0 Å². The number of furan rings is 1.